The van der Waals surface area contributed by atoms with Gasteiger partial charge in [-0.3, -0.25) is 9.69 Å². The van der Waals surface area contributed by atoms with Crippen molar-refractivity contribution in [3.05, 3.63) is 47.9 Å². The maximum Gasteiger partial charge on any atom is 0.273 e. The molecule has 1 amide bonds. The molecular weight excluding hydrogens is 318 g/mol. The molecule has 7 heteroatoms. The number of rotatable bonds is 8. The Hall–Kier alpha value is -2.67. The van der Waals surface area contributed by atoms with Crippen LogP contribution < -0.4 is 15.8 Å². The molecule has 0 spiro atoms. The second-order valence-corrected chi connectivity index (χ2v) is 5.51. The van der Waals surface area contributed by atoms with Gasteiger partial charge < -0.3 is 15.8 Å². The number of benzene rings is 1. The van der Waals surface area contributed by atoms with Gasteiger partial charge in [-0.25, -0.2) is 9.97 Å². The topological polar surface area (TPSA) is 93.4 Å². The number of methoxy groups -OCH3 is 1. The van der Waals surface area contributed by atoms with Gasteiger partial charge in [0, 0.05) is 18.9 Å². The molecule has 2 rings (SSSR count). The van der Waals surface area contributed by atoms with Crippen LogP contribution in [0.25, 0.3) is 0 Å². The van der Waals surface area contributed by atoms with E-state index in [4.69, 9.17) is 10.5 Å². The summed E-state index contributed by atoms with van der Waals surface area (Å²) in [6.45, 7) is 6.35. The Morgan fingerprint density at radius 1 is 1.28 bits per heavy atom. The lowest BCUT2D eigenvalue weighted by atomic mass is 10.0. The van der Waals surface area contributed by atoms with Crippen LogP contribution in [0.15, 0.2) is 36.7 Å². The van der Waals surface area contributed by atoms with Crippen molar-refractivity contribution >= 4 is 11.7 Å². The molecule has 0 saturated carbocycles. The van der Waals surface area contributed by atoms with Crippen molar-refractivity contribution in [2.75, 3.05) is 32.5 Å². The second kappa shape index (κ2) is 8.98. The minimum Gasteiger partial charge on any atom is -0.497 e. The van der Waals surface area contributed by atoms with E-state index in [1.807, 2.05) is 24.3 Å². The van der Waals surface area contributed by atoms with E-state index in [0.29, 0.717) is 6.54 Å². The molecule has 1 atom stereocenters. The fourth-order valence-corrected chi connectivity index (χ4v) is 2.77. The fourth-order valence-electron chi connectivity index (χ4n) is 2.77. The first-order chi connectivity index (χ1) is 12.1. The smallest absolute Gasteiger partial charge is 0.273 e. The number of hydrogen-bond acceptors (Lipinski definition) is 6. The van der Waals surface area contributed by atoms with Gasteiger partial charge in [-0.15, -0.1) is 0 Å². The summed E-state index contributed by atoms with van der Waals surface area (Å²) in [5.41, 5.74) is 6.95. The number of anilines is 1. The van der Waals surface area contributed by atoms with Crippen molar-refractivity contribution < 1.29 is 9.53 Å². The molecule has 7 nitrogen and oxygen atoms in total. The van der Waals surface area contributed by atoms with Crippen LogP contribution in [0.2, 0.25) is 0 Å². The highest BCUT2D eigenvalue weighted by Gasteiger charge is 2.21. The molecule has 1 aromatic heterocycles. The number of ether oxygens (including phenoxy) is 1. The predicted molar refractivity (Wildman–Crippen MR) is 97.4 cm³/mol. The van der Waals surface area contributed by atoms with E-state index in [2.05, 4.69) is 34.0 Å². The zero-order valence-electron chi connectivity index (χ0n) is 14.9. The van der Waals surface area contributed by atoms with Gasteiger partial charge in [-0.1, -0.05) is 26.0 Å². The Labute approximate surface area is 148 Å². The number of nitrogens with one attached hydrogen (secondary N) is 1. The molecule has 3 N–H and O–H groups in total. The van der Waals surface area contributed by atoms with E-state index in [1.165, 1.54) is 12.4 Å². The van der Waals surface area contributed by atoms with E-state index in [1.54, 1.807) is 7.11 Å². The van der Waals surface area contributed by atoms with Gasteiger partial charge in [0.2, 0.25) is 0 Å². The monoisotopic (exact) mass is 343 g/mol. The molecule has 0 bridgehead atoms. The molecule has 0 aliphatic carbocycles. The van der Waals surface area contributed by atoms with Crippen molar-refractivity contribution in [1.29, 1.82) is 0 Å². The zero-order chi connectivity index (χ0) is 18.2. The lowest BCUT2D eigenvalue weighted by Gasteiger charge is -2.30. The minimum absolute atomic E-state index is 0.0203. The highest BCUT2D eigenvalue weighted by atomic mass is 16.5. The van der Waals surface area contributed by atoms with Crippen LogP contribution in [0, 0.1) is 0 Å². The van der Waals surface area contributed by atoms with Crippen LogP contribution in [-0.2, 0) is 0 Å². The van der Waals surface area contributed by atoms with E-state index >= 15 is 0 Å². The third-order valence-electron chi connectivity index (χ3n) is 4.13. The quantitative estimate of drug-likeness (QED) is 0.760. The molecule has 0 unspecified atom stereocenters. The lowest BCUT2D eigenvalue weighted by Crippen LogP contribution is -2.38. The van der Waals surface area contributed by atoms with Gasteiger partial charge in [0.25, 0.3) is 5.91 Å². The Balaban J connectivity index is 2.19. The van der Waals surface area contributed by atoms with Crippen LogP contribution in [0.4, 0.5) is 5.82 Å². The summed E-state index contributed by atoms with van der Waals surface area (Å²) in [4.78, 5) is 22.6. The number of nitrogens with two attached hydrogens (primary N) is 1. The van der Waals surface area contributed by atoms with E-state index in [9.17, 15) is 4.79 Å². The molecule has 0 radical (unpaired) electrons. The number of carbonyl (C=O) groups excluding carboxylic acids is 1. The molecule has 1 heterocycles. The van der Waals surface area contributed by atoms with Crippen molar-refractivity contribution in [2.24, 2.45) is 0 Å². The first-order valence-electron chi connectivity index (χ1n) is 8.33. The number of likely N-dealkylation sites (N-methyl/N-ethyl adjacent to an activating group) is 1. The summed E-state index contributed by atoms with van der Waals surface area (Å²) < 4.78 is 5.32. The second-order valence-electron chi connectivity index (χ2n) is 5.51. The SMILES string of the molecule is CCN(CC)[C@H](CNC(=O)c1nccnc1N)c1cccc(OC)c1. The maximum absolute atomic E-state index is 12.4. The predicted octanol–water partition coefficient (Wildman–Crippen LogP) is 1.88. The first-order valence-corrected chi connectivity index (χ1v) is 8.33. The van der Waals surface area contributed by atoms with Gasteiger partial charge in [0.15, 0.2) is 11.5 Å². The van der Waals surface area contributed by atoms with Crippen molar-refractivity contribution in [1.82, 2.24) is 20.2 Å². The fraction of sp³-hybridized carbons (Fsp3) is 0.389. The van der Waals surface area contributed by atoms with Crippen LogP contribution in [0.1, 0.15) is 35.9 Å². The van der Waals surface area contributed by atoms with Crippen molar-refractivity contribution in [2.45, 2.75) is 19.9 Å². The minimum atomic E-state index is -0.328. The van der Waals surface area contributed by atoms with E-state index < -0.39 is 0 Å². The third-order valence-corrected chi connectivity index (χ3v) is 4.13. The molecule has 134 valence electrons. The van der Waals surface area contributed by atoms with Crippen molar-refractivity contribution in [3.8, 4) is 5.75 Å². The largest absolute Gasteiger partial charge is 0.497 e. The molecule has 0 saturated heterocycles. The number of nitrogen functional groups attached to an aromatic ring is 1. The molecule has 0 aliphatic heterocycles. The molecule has 25 heavy (non-hydrogen) atoms. The van der Waals surface area contributed by atoms with E-state index in [0.717, 1.165) is 24.4 Å². The molecular formula is C18H25N5O2. The lowest BCUT2D eigenvalue weighted by molar-refractivity contribution is 0.0930. The summed E-state index contributed by atoms with van der Waals surface area (Å²) in [5.74, 6) is 0.588. The normalized spacial score (nSPS) is 12.0. The number of carbonyl (C=O) groups is 1. The average Bonchev–Trinajstić information content (AvgIpc) is 2.65. The van der Waals surface area contributed by atoms with Crippen LogP contribution in [0.5, 0.6) is 5.75 Å². The van der Waals surface area contributed by atoms with Crippen LogP contribution in [-0.4, -0.2) is 47.5 Å². The summed E-state index contributed by atoms with van der Waals surface area (Å²) >= 11 is 0. The number of hydrogen-bond donors (Lipinski definition) is 2. The average molecular weight is 343 g/mol. The molecule has 0 aliphatic rings. The number of amides is 1. The standard InChI is InChI=1S/C18H25N5O2/c1-4-23(5-2)15(13-7-6-8-14(11-13)25-3)12-22-18(24)16-17(19)21-10-9-20-16/h6-11,15H,4-5,12H2,1-3H3,(H2,19,21)(H,22,24)/t15-/m1/s1. The maximum atomic E-state index is 12.4. The zero-order valence-corrected chi connectivity index (χ0v) is 14.9. The summed E-state index contributed by atoms with van der Waals surface area (Å²) in [5, 5.41) is 2.92. The third kappa shape index (κ3) is 4.67. The Morgan fingerprint density at radius 2 is 2.00 bits per heavy atom. The van der Waals surface area contributed by atoms with Gasteiger partial charge in [-0.2, -0.15) is 0 Å². The summed E-state index contributed by atoms with van der Waals surface area (Å²) in [6.07, 6.45) is 2.91. The van der Waals surface area contributed by atoms with Gasteiger partial charge >= 0.3 is 0 Å². The van der Waals surface area contributed by atoms with Crippen LogP contribution >= 0.6 is 0 Å². The molecule has 0 fully saturated rings. The Kier molecular flexibility index (Phi) is 6.71. The van der Waals surface area contributed by atoms with Crippen LogP contribution in [0.3, 0.4) is 0 Å². The van der Waals surface area contributed by atoms with Gasteiger partial charge in [-0.05, 0) is 30.8 Å². The van der Waals surface area contributed by atoms with Gasteiger partial charge in [0.1, 0.15) is 5.75 Å². The Bertz CT molecular complexity index is 703. The number of aromatic nitrogens is 2. The first kappa shape index (κ1) is 18.7. The highest BCUT2D eigenvalue weighted by Crippen LogP contribution is 2.24. The summed E-state index contributed by atoms with van der Waals surface area (Å²) in [6, 6.07) is 7.90. The molecule has 2 aromatic rings. The van der Waals surface area contributed by atoms with Gasteiger partial charge in [0.05, 0.1) is 13.2 Å². The number of nitrogens with zero attached hydrogens (tertiary/aromatic N) is 3. The van der Waals surface area contributed by atoms with Crippen molar-refractivity contribution in [3.63, 3.8) is 0 Å². The highest BCUT2D eigenvalue weighted by molar-refractivity contribution is 5.96. The Morgan fingerprint density at radius 3 is 2.64 bits per heavy atom. The van der Waals surface area contributed by atoms with E-state index in [-0.39, 0.29) is 23.5 Å². The molecule has 1 aromatic carbocycles. The summed E-state index contributed by atoms with van der Waals surface area (Å²) in [7, 11) is 1.64.